The molecule has 1 aromatic heterocycles. The highest BCUT2D eigenvalue weighted by molar-refractivity contribution is 5.10. The van der Waals surface area contributed by atoms with Gasteiger partial charge in [0.05, 0.1) is 11.7 Å². The Morgan fingerprint density at radius 1 is 1.62 bits per heavy atom. The molecule has 0 radical (unpaired) electrons. The number of hydrogen-bond acceptors (Lipinski definition) is 2. The summed E-state index contributed by atoms with van der Waals surface area (Å²) in [5.74, 6) is 0. The average molecular weight is 181 g/mol. The van der Waals surface area contributed by atoms with Gasteiger partial charge in [0.25, 0.3) is 0 Å². The van der Waals surface area contributed by atoms with Crippen LogP contribution < -0.4 is 0 Å². The van der Waals surface area contributed by atoms with Gasteiger partial charge < -0.3 is 15.2 Å². The number of nitrogens with one attached hydrogen (secondary N) is 1. The molecule has 3 heteroatoms. The Morgan fingerprint density at radius 2 is 2.46 bits per heavy atom. The molecule has 13 heavy (non-hydrogen) atoms. The molecule has 72 valence electrons. The lowest BCUT2D eigenvalue weighted by molar-refractivity contribution is -0.0527. The van der Waals surface area contributed by atoms with Gasteiger partial charge in [-0.05, 0) is 31.4 Å². The first-order chi connectivity index (χ1) is 6.21. The molecule has 0 bridgehead atoms. The topological polar surface area (TPSA) is 56.2 Å². The fourth-order valence-electron chi connectivity index (χ4n) is 2.05. The van der Waals surface area contributed by atoms with E-state index in [0.29, 0.717) is 12.8 Å². The summed E-state index contributed by atoms with van der Waals surface area (Å²) in [5, 5.41) is 19.6. The van der Waals surface area contributed by atoms with Crippen molar-refractivity contribution in [1.29, 1.82) is 0 Å². The second-order valence-corrected chi connectivity index (χ2v) is 3.88. The molecule has 0 amide bonds. The van der Waals surface area contributed by atoms with Crippen molar-refractivity contribution < 1.29 is 10.2 Å². The Kier molecular flexibility index (Phi) is 2.14. The first kappa shape index (κ1) is 8.78. The van der Waals surface area contributed by atoms with Gasteiger partial charge >= 0.3 is 0 Å². The third-order valence-electron chi connectivity index (χ3n) is 2.87. The van der Waals surface area contributed by atoms with Crippen LogP contribution in [0.1, 0.15) is 25.0 Å². The molecule has 0 aromatic carbocycles. The summed E-state index contributed by atoms with van der Waals surface area (Å²) in [7, 11) is 0. The maximum Gasteiger partial charge on any atom is 0.0959 e. The van der Waals surface area contributed by atoms with Crippen LogP contribution >= 0.6 is 0 Å². The molecule has 3 N–H and O–H groups in total. The monoisotopic (exact) mass is 181 g/mol. The Balaban J connectivity index is 2.08. The Labute approximate surface area is 77.4 Å². The molecule has 0 aliphatic heterocycles. The minimum atomic E-state index is -0.898. The van der Waals surface area contributed by atoms with E-state index in [1.165, 1.54) is 0 Å². The van der Waals surface area contributed by atoms with Crippen LogP contribution in [0, 0.1) is 0 Å². The van der Waals surface area contributed by atoms with Crippen molar-refractivity contribution >= 4 is 0 Å². The van der Waals surface area contributed by atoms with Crippen LogP contribution in [0.15, 0.2) is 18.3 Å². The summed E-state index contributed by atoms with van der Waals surface area (Å²) in [6, 6.07) is 3.84. The molecule has 0 spiro atoms. The Bertz CT molecular complexity index is 270. The van der Waals surface area contributed by atoms with Crippen LogP contribution in [0.25, 0.3) is 0 Å². The zero-order valence-electron chi connectivity index (χ0n) is 7.53. The summed E-state index contributed by atoms with van der Waals surface area (Å²) in [4.78, 5) is 3.04. The van der Waals surface area contributed by atoms with E-state index in [2.05, 4.69) is 4.98 Å². The first-order valence-electron chi connectivity index (χ1n) is 4.73. The second kappa shape index (κ2) is 3.16. The van der Waals surface area contributed by atoms with Crippen LogP contribution in [0.5, 0.6) is 0 Å². The Morgan fingerprint density at radius 3 is 3.00 bits per heavy atom. The van der Waals surface area contributed by atoms with Crippen LogP contribution in [0.3, 0.4) is 0 Å². The predicted octanol–water partition coefficient (Wildman–Crippen LogP) is 0.833. The quantitative estimate of drug-likeness (QED) is 0.633. The van der Waals surface area contributed by atoms with E-state index in [1.807, 2.05) is 18.3 Å². The van der Waals surface area contributed by atoms with E-state index < -0.39 is 11.7 Å². The molecule has 3 nitrogen and oxygen atoms in total. The molecular weight excluding hydrogens is 166 g/mol. The third kappa shape index (κ3) is 1.62. The molecule has 1 aliphatic carbocycles. The van der Waals surface area contributed by atoms with E-state index in [-0.39, 0.29) is 0 Å². The highest BCUT2D eigenvalue weighted by Gasteiger charge is 2.40. The smallest absolute Gasteiger partial charge is 0.0959 e. The van der Waals surface area contributed by atoms with Gasteiger partial charge in [0, 0.05) is 18.3 Å². The second-order valence-electron chi connectivity index (χ2n) is 3.88. The summed E-state index contributed by atoms with van der Waals surface area (Å²) in [6.07, 6.45) is 4.14. The molecule has 0 saturated heterocycles. The molecule has 1 saturated carbocycles. The van der Waals surface area contributed by atoms with E-state index >= 15 is 0 Å². The number of aromatic amines is 1. The van der Waals surface area contributed by atoms with Gasteiger partial charge in [0.15, 0.2) is 0 Å². The zero-order valence-corrected chi connectivity index (χ0v) is 7.53. The van der Waals surface area contributed by atoms with E-state index in [4.69, 9.17) is 0 Å². The largest absolute Gasteiger partial charge is 0.390 e. The van der Waals surface area contributed by atoms with Gasteiger partial charge in [0.1, 0.15) is 0 Å². The van der Waals surface area contributed by atoms with Crippen molar-refractivity contribution in [2.24, 2.45) is 0 Å². The lowest BCUT2D eigenvalue weighted by Crippen LogP contribution is -2.39. The fraction of sp³-hybridized carbons (Fsp3) is 0.600. The van der Waals surface area contributed by atoms with Gasteiger partial charge in [-0.15, -0.1) is 0 Å². The lowest BCUT2D eigenvalue weighted by atomic mass is 9.94. The molecule has 1 aliphatic rings. The van der Waals surface area contributed by atoms with E-state index in [1.54, 1.807) is 0 Å². The molecule has 1 heterocycles. The van der Waals surface area contributed by atoms with Crippen LogP contribution in [0.4, 0.5) is 0 Å². The number of hydrogen-bond donors (Lipinski definition) is 3. The SMILES string of the molecule is OC1CCCC1(O)Cc1ccc[nH]1. The third-order valence-corrected chi connectivity index (χ3v) is 2.87. The maximum atomic E-state index is 10.1. The van der Waals surface area contributed by atoms with Crippen molar-refractivity contribution in [2.75, 3.05) is 0 Å². The summed E-state index contributed by atoms with van der Waals surface area (Å²) >= 11 is 0. The normalized spacial score (nSPS) is 33.8. The van der Waals surface area contributed by atoms with Crippen LogP contribution in [-0.4, -0.2) is 26.9 Å². The van der Waals surface area contributed by atoms with Crippen molar-refractivity contribution in [2.45, 2.75) is 37.4 Å². The number of aromatic nitrogens is 1. The summed E-state index contributed by atoms with van der Waals surface area (Å²) < 4.78 is 0. The van der Waals surface area contributed by atoms with Crippen LogP contribution in [-0.2, 0) is 6.42 Å². The molecule has 2 atom stereocenters. The van der Waals surface area contributed by atoms with Gasteiger partial charge in [-0.2, -0.15) is 0 Å². The Hall–Kier alpha value is -0.800. The minimum Gasteiger partial charge on any atom is -0.390 e. The number of aliphatic hydroxyl groups is 2. The fourth-order valence-corrected chi connectivity index (χ4v) is 2.05. The van der Waals surface area contributed by atoms with Crippen molar-refractivity contribution in [3.8, 4) is 0 Å². The number of aliphatic hydroxyl groups excluding tert-OH is 1. The molecule has 1 fully saturated rings. The van der Waals surface area contributed by atoms with Gasteiger partial charge in [0.2, 0.25) is 0 Å². The molecule has 1 aromatic rings. The average Bonchev–Trinajstić information content (AvgIpc) is 2.65. The molecule has 2 unspecified atom stereocenters. The molecule has 2 rings (SSSR count). The number of rotatable bonds is 2. The molecular formula is C10H15NO2. The van der Waals surface area contributed by atoms with Crippen molar-refractivity contribution in [1.82, 2.24) is 4.98 Å². The number of H-pyrrole nitrogens is 1. The zero-order chi connectivity index (χ0) is 9.31. The van der Waals surface area contributed by atoms with Crippen LogP contribution in [0.2, 0.25) is 0 Å². The first-order valence-corrected chi connectivity index (χ1v) is 4.73. The summed E-state index contributed by atoms with van der Waals surface area (Å²) in [6.45, 7) is 0. The highest BCUT2D eigenvalue weighted by atomic mass is 16.3. The summed E-state index contributed by atoms with van der Waals surface area (Å²) in [5.41, 5.74) is 0.0913. The van der Waals surface area contributed by atoms with E-state index in [9.17, 15) is 10.2 Å². The highest BCUT2D eigenvalue weighted by Crippen LogP contribution is 2.32. The van der Waals surface area contributed by atoms with Crippen molar-refractivity contribution in [3.05, 3.63) is 24.0 Å². The maximum absolute atomic E-state index is 10.1. The minimum absolute atomic E-state index is 0.529. The van der Waals surface area contributed by atoms with E-state index in [0.717, 1.165) is 18.5 Å². The standard InChI is InChI=1S/C10H15NO2/c12-9-4-1-5-10(9,13)7-8-3-2-6-11-8/h2-3,6,9,11-13H,1,4-5,7H2. The van der Waals surface area contributed by atoms with Gasteiger partial charge in [-0.1, -0.05) is 0 Å². The lowest BCUT2D eigenvalue weighted by Gasteiger charge is -2.25. The predicted molar refractivity (Wildman–Crippen MR) is 49.3 cm³/mol. The van der Waals surface area contributed by atoms with Crippen molar-refractivity contribution in [3.63, 3.8) is 0 Å². The van der Waals surface area contributed by atoms with Gasteiger partial charge in [-0.3, -0.25) is 0 Å². The van der Waals surface area contributed by atoms with Gasteiger partial charge in [-0.25, -0.2) is 0 Å².